The Morgan fingerprint density at radius 2 is 1.74 bits per heavy atom. The number of fused-ring (bicyclic) bond motifs is 1. The third-order valence-electron chi connectivity index (χ3n) is 5.39. The number of benzene rings is 2. The van der Waals surface area contributed by atoms with Gasteiger partial charge in [0.15, 0.2) is 0 Å². The van der Waals surface area contributed by atoms with Crippen LogP contribution in [0.25, 0.3) is 16.6 Å². The lowest BCUT2D eigenvalue weighted by Gasteiger charge is -2.31. The van der Waals surface area contributed by atoms with Gasteiger partial charge in [-0.1, -0.05) is 36.4 Å². The number of piperidine rings is 1. The van der Waals surface area contributed by atoms with Crippen molar-refractivity contribution >= 4 is 16.9 Å². The first-order valence-electron chi connectivity index (χ1n) is 9.80. The van der Waals surface area contributed by atoms with E-state index in [-0.39, 0.29) is 11.9 Å². The number of carbonyl (C=O) groups is 1. The number of rotatable bonds is 5. The average Bonchev–Trinajstić information content (AvgIpc) is 3.07. The maximum atomic E-state index is 12.0. The first-order valence-corrected chi connectivity index (χ1v) is 9.80. The van der Waals surface area contributed by atoms with E-state index in [9.17, 15) is 4.79 Å². The Hall–Kier alpha value is -2.59. The second-order valence-corrected chi connectivity index (χ2v) is 7.17. The molecule has 0 unspecified atom stereocenters. The van der Waals surface area contributed by atoms with Crippen molar-refractivity contribution in [3.63, 3.8) is 0 Å². The van der Waals surface area contributed by atoms with E-state index >= 15 is 0 Å². The molecule has 1 aliphatic rings. The van der Waals surface area contributed by atoms with Crippen LogP contribution in [0.2, 0.25) is 0 Å². The van der Waals surface area contributed by atoms with Gasteiger partial charge >= 0.3 is 5.97 Å². The maximum absolute atomic E-state index is 12.0. The summed E-state index contributed by atoms with van der Waals surface area (Å²) in [5.74, 6) is 0.0248. The van der Waals surface area contributed by atoms with Crippen molar-refractivity contribution in [2.75, 3.05) is 19.7 Å². The summed E-state index contributed by atoms with van der Waals surface area (Å²) >= 11 is 0. The molecule has 4 nitrogen and oxygen atoms in total. The summed E-state index contributed by atoms with van der Waals surface area (Å²) in [6, 6.07) is 21.4. The molecule has 0 amide bonds. The fourth-order valence-electron chi connectivity index (χ4n) is 4.03. The number of likely N-dealkylation sites (tertiary alicyclic amines) is 1. The molecule has 0 aliphatic carbocycles. The molecular formula is C23H26N2O2. The topological polar surface area (TPSA) is 34.5 Å². The lowest BCUT2D eigenvalue weighted by atomic mass is 9.97. The van der Waals surface area contributed by atoms with Gasteiger partial charge in [-0.15, -0.1) is 0 Å². The lowest BCUT2D eigenvalue weighted by molar-refractivity contribution is -0.149. The van der Waals surface area contributed by atoms with Crippen molar-refractivity contribution in [3.05, 3.63) is 66.4 Å². The van der Waals surface area contributed by atoms with E-state index in [4.69, 9.17) is 4.74 Å². The number of ether oxygens (including phenoxy) is 1. The lowest BCUT2D eigenvalue weighted by Crippen LogP contribution is -2.36. The summed E-state index contributed by atoms with van der Waals surface area (Å²) in [7, 11) is 0. The first kappa shape index (κ1) is 17.8. The summed E-state index contributed by atoms with van der Waals surface area (Å²) in [4.78, 5) is 14.4. The zero-order valence-corrected chi connectivity index (χ0v) is 15.8. The zero-order valence-electron chi connectivity index (χ0n) is 15.8. The number of hydrogen-bond donors (Lipinski definition) is 0. The molecular weight excluding hydrogens is 336 g/mol. The number of aromatic nitrogens is 1. The second-order valence-electron chi connectivity index (χ2n) is 7.17. The minimum atomic E-state index is -0.0319. The number of esters is 1. The van der Waals surface area contributed by atoms with Gasteiger partial charge in [-0.05, 0) is 57.1 Å². The fraction of sp³-hybridized carbons (Fsp3) is 0.348. The van der Waals surface area contributed by atoms with Crippen LogP contribution < -0.4 is 0 Å². The standard InChI is InChI=1S/C23H26N2O2/c1-2-27-23(26)18-12-14-24(15-13-18)17-21-16-19-8-6-7-11-22(19)25(21)20-9-4-3-5-10-20/h3-11,16,18H,2,12-15,17H2,1H3. The Kier molecular flexibility index (Phi) is 5.26. The second kappa shape index (κ2) is 7.97. The molecule has 1 fully saturated rings. The predicted molar refractivity (Wildman–Crippen MR) is 108 cm³/mol. The van der Waals surface area contributed by atoms with Crippen LogP contribution in [0.3, 0.4) is 0 Å². The average molecular weight is 362 g/mol. The number of nitrogens with zero attached hydrogens (tertiary/aromatic N) is 2. The molecule has 27 heavy (non-hydrogen) atoms. The Labute approximate surface area is 160 Å². The minimum absolute atomic E-state index is 0.0319. The van der Waals surface area contributed by atoms with E-state index in [1.54, 1.807) is 0 Å². The van der Waals surface area contributed by atoms with Gasteiger partial charge in [0.05, 0.1) is 18.0 Å². The molecule has 4 heteroatoms. The summed E-state index contributed by atoms with van der Waals surface area (Å²) in [5, 5.41) is 1.26. The quantitative estimate of drug-likeness (QED) is 0.631. The molecule has 1 aromatic heterocycles. The molecule has 0 spiro atoms. The van der Waals surface area contributed by atoms with Crippen molar-refractivity contribution in [1.82, 2.24) is 9.47 Å². The van der Waals surface area contributed by atoms with E-state index in [2.05, 4.69) is 70.1 Å². The van der Waals surface area contributed by atoms with Crippen molar-refractivity contribution in [2.24, 2.45) is 5.92 Å². The smallest absolute Gasteiger partial charge is 0.309 e. The van der Waals surface area contributed by atoms with Crippen LogP contribution in [0.15, 0.2) is 60.7 Å². The van der Waals surface area contributed by atoms with Crippen LogP contribution in [-0.2, 0) is 16.1 Å². The summed E-state index contributed by atoms with van der Waals surface area (Å²) < 4.78 is 7.54. The van der Waals surface area contributed by atoms with Gasteiger partial charge in [0.25, 0.3) is 0 Å². The van der Waals surface area contributed by atoms with E-state index in [0.29, 0.717) is 6.61 Å². The van der Waals surface area contributed by atoms with Crippen LogP contribution >= 0.6 is 0 Å². The Morgan fingerprint density at radius 3 is 2.48 bits per heavy atom. The molecule has 0 radical (unpaired) electrons. The minimum Gasteiger partial charge on any atom is -0.466 e. The van der Waals surface area contributed by atoms with Crippen LogP contribution in [0.4, 0.5) is 0 Å². The zero-order chi connectivity index (χ0) is 18.6. The van der Waals surface area contributed by atoms with Crippen LogP contribution in [0.5, 0.6) is 0 Å². The molecule has 2 aromatic carbocycles. The summed E-state index contributed by atoms with van der Waals surface area (Å²) in [6.07, 6.45) is 1.76. The molecule has 0 saturated carbocycles. The first-order chi connectivity index (χ1) is 13.3. The highest BCUT2D eigenvalue weighted by Gasteiger charge is 2.26. The molecule has 1 aliphatic heterocycles. The van der Waals surface area contributed by atoms with Gasteiger partial charge in [0.1, 0.15) is 0 Å². The Morgan fingerprint density at radius 1 is 1.04 bits per heavy atom. The molecule has 2 heterocycles. The highest BCUT2D eigenvalue weighted by Crippen LogP contribution is 2.27. The monoisotopic (exact) mass is 362 g/mol. The van der Waals surface area contributed by atoms with Crippen LogP contribution in [0.1, 0.15) is 25.5 Å². The molecule has 0 N–H and O–H groups in total. The predicted octanol–water partition coefficient (Wildman–Crippen LogP) is 4.41. The molecule has 3 aromatic rings. The van der Waals surface area contributed by atoms with E-state index < -0.39 is 0 Å². The van der Waals surface area contributed by atoms with E-state index in [1.807, 2.05) is 6.92 Å². The van der Waals surface area contributed by atoms with Crippen molar-refractivity contribution in [1.29, 1.82) is 0 Å². The van der Waals surface area contributed by atoms with Gasteiger partial charge in [-0.2, -0.15) is 0 Å². The number of hydrogen-bond acceptors (Lipinski definition) is 3. The molecule has 4 rings (SSSR count). The fourth-order valence-corrected chi connectivity index (χ4v) is 4.03. The molecule has 140 valence electrons. The largest absolute Gasteiger partial charge is 0.466 e. The number of para-hydroxylation sites is 2. The molecule has 0 atom stereocenters. The molecule has 0 bridgehead atoms. The highest BCUT2D eigenvalue weighted by molar-refractivity contribution is 5.83. The summed E-state index contributed by atoms with van der Waals surface area (Å²) in [6.45, 7) is 5.09. The van der Waals surface area contributed by atoms with Gasteiger partial charge in [0, 0.05) is 23.3 Å². The SMILES string of the molecule is CCOC(=O)C1CCN(Cc2cc3ccccc3n2-c2ccccc2)CC1. The Bertz CT molecular complexity index is 909. The Balaban J connectivity index is 1.56. The summed E-state index contributed by atoms with van der Waals surface area (Å²) in [5.41, 5.74) is 3.72. The van der Waals surface area contributed by atoms with Crippen LogP contribution in [-0.4, -0.2) is 35.1 Å². The van der Waals surface area contributed by atoms with Gasteiger partial charge in [0.2, 0.25) is 0 Å². The van der Waals surface area contributed by atoms with Gasteiger partial charge < -0.3 is 9.30 Å². The third kappa shape index (κ3) is 3.76. The van der Waals surface area contributed by atoms with E-state index in [1.165, 1.54) is 22.3 Å². The van der Waals surface area contributed by atoms with Gasteiger partial charge in [-0.25, -0.2) is 0 Å². The third-order valence-corrected chi connectivity index (χ3v) is 5.39. The normalized spacial score (nSPS) is 15.9. The van der Waals surface area contributed by atoms with E-state index in [0.717, 1.165) is 32.5 Å². The van der Waals surface area contributed by atoms with Crippen LogP contribution in [0, 0.1) is 5.92 Å². The van der Waals surface area contributed by atoms with Crippen molar-refractivity contribution < 1.29 is 9.53 Å². The number of carbonyl (C=O) groups excluding carboxylic acids is 1. The maximum Gasteiger partial charge on any atom is 0.309 e. The highest BCUT2D eigenvalue weighted by atomic mass is 16.5. The van der Waals surface area contributed by atoms with Gasteiger partial charge in [-0.3, -0.25) is 9.69 Å². The van der Waals surface area contributed by atoms with Crippen molar-refractivity contribution in [2.45, 2.75) is 26.3 Å². The van der Waals surface area contributed by atoms with Crippen molar-refractivity contribution in [3.8, 4) is 5.69 Å². The molecule has 1 saturated heterocycles.